The zero-order valence-corrected chi connectivity index (χ0v) is 14.1. The number of nitro benzene ring substituents is 1. The monoisotopic (exact) mass is 388 g/mol. The minimum absolute atomic E-state index is 0.0299. The molecule has 2 aromatic rings. The summed E-state index contributed by atoms with van der Waals surface area (Å²) in [5.74, 6) is 0. The number of nitrogens with one attached hydrogen (secondary N) is 1. The number of rotatable bonds is 4. The molecule has 0 aliphatic heterocycles. The molecule has 0 fully saturated rings. The summed E-state index contributed by atoms with van der Waals surface area (Å²) in [7, 11) is 0. The van der Waals surface area contributed by atoms with Crippen LogP contribution in [0.2, 0.25) is 10.0 Å². The van der Waals surface area contributed by atoms with Crippen molar-refractivity contribution in [1.82, 2.24) is 0 Å². The highest BCUT2D eigenvalue weighted by Gasteiger charge is 2.12. The molecule has 0 saturated heterocycles. The van der Waals surface area contributed by atoms with Crippen molar-refractivity contribution in [2.45, 2.75) is 13.5 Å². The summed E-state index contributed by atoms with van der Waals surface area (Å²) < 4.78 is 0.452. The fraction of sp³-hybridized carbons (Fsp3) is 0.143. The van der Waals surface area contributed by atoms with E-state index in [9.17, 15) is 10.1 Å². The normalized spacial score (nSPS) is 10.5. The van der Waals surface area contributed by atoms with Gasteiger partial charge in [-0.2, -0.15) is 0 Å². The van der Waals surface area contributed by atoms with Crippen LogP contribution >= 0.6 is 39.1 Å². The van der Waals surface area contributed by atoms with E-state index in [2.05, 4.69) is 21.2 Å². The van der Waals surface area contributed by atoms with Gasteiger partial charge in [-0.25, -0.2) is 0 Å². The molecule has 0 heterocycles. The first-order valence-corrected chi connectivity index (χ1v) is 7.55. The lowest BCUT2D eigenvalue weighted by atomic mass is 10.2. The summed E-state index contributed by atoms with van der Waals surface area (Å²) in [6, 6.07) is 8.48. The number of anilines is 1. The van der Waals surface area contributed by atoms with Gasteiger partial charge in [-0.15, -0.1) is 0 Å². The fourth-order valence-corrected chi connectivity index (χ4v) is 2.63. The summed E-state index contributed by atoms with van der Waals surface area (Å²) in [5.41, 5.74) is 2.39. The average Bonchev–Trinajstić information content (AvgIpc) is 2.42. The van der Waals surface area contributed by atoms with E-state index < -0.39 is 4.92 Å². The zero-order valence-electron chi connectivity index (χ0n) is 11.0. The summed E-state index contributed by atoms with van der Waals surface area (Å²) >= 11 is 15.4. The summed E-state index contributed by atoms with van der Waals surface area (Å²) in [6.45, 7) is 2.28. The smallest absolute Gasteiger partial charge is 0.283 e. The molecule has 0 bridgehead atoms. The number of hydrogen-bond acceptors (Lipinski definition) is 3. The van der Waals surface area contributed by atoms with Crippen LogP contribution < -0.4 is 5.32 Å². The van der Waals surface area contributed by atoms with E-state index >= 15 is 0 Å². The number of nitro groups is 1. The first kappa shape index (κ1) is 16.1. The van der Waals surface area contributed by atoms with Gasteiger partial charge in [0.2, 0.25) is 0 Å². The van der Waals surface area contributed by atoms with Crippen molar-refractivity contribution in [2.24, 2.45) is 0 Å². The molecule has 0 spiro atoms. The second-order valence-electron chi connectivity index (χ2n) is 4.48. The van der Waals surface area contributed by atoms with Crippen molar-refractivity contribution in [1.29, 1.82) is 0 Å². The zero-order chi connectivity index (χ0) is 15.6. The van der Waals surface area contributed by atoms with Crippen molar-refractivity contribution in [3.8, 4) is 0 Å². The molecule has 0 unspecified atom stereocenters. The Hall–Kier alpha value is -1.30. The van der Waals surface area contributed by atoms with Gasteiger partial charge < -0.3 is 5.32 Å². The number of benzene rings is 2. The molecule has 0 radical (unpaired) electrons. The number of halogens is 3. The summed E-state index contributed by atoms with van der Waals surface area (Å²) in [6.07, 6.45) is 0. The molecule has 21 heavy (non-hydrogen) atoms. The van der Waals surface area contributed by atoms with Gasteiger partial charge in [0.25, 0.3) is 5.69 Å². The van der Waals surface area contributed by atoms with Crippen molar-refractivity contribution in [3.63, 3.8) is 0 Å². The number of aryl methyl sites for hydroxylation is 1. The molecule has 0 aromatic heterocycles. The third-order valence-electron chi connectivity index (χ3n) is 2.94. The van der Waals surface area contributed by atoms with Crippen LogP contribution in [-0.2, 0) is 6.54 Å². The van der Waals surface area contributed by atoms with Crippen LogP contribution in [0.15, 0.2) is 34.8 Å². The van der Waals surface area contributed by atoms with Crippen LogP contribution in [0.25, 0.3) is 0 Å². The minimum atomic E-state index is -0.427. The van der Waals surface area contributed by atoms with Gasteiger partial charge in [0.1, 0.15) is 0 Å². The molecule has 1 N–H and O–H groups in total. The predicted octanol–water partition coefficient (Wildman–Crippen LogP) is 5.58. The Morgan fingerprint density at radius 3 is 2.62 bits per heavy atom. The maximum atomic E-state index is 10.9. The highest BCUT2D eigenvalue weighted by molar-refractivity contribution is 9.10. The van der Waals surface area contributed by atoms with Crippen LogP contribution in [0.1, 0.15) is 11.1 Å². The van der Waals surface area contributed by atoms with Gasteiger partial charge in [-0.05, 0) is 52.2 Å². The molecular formula is C14H11BrCl2N2O2. The Morgan fingerprint density at radius 2 is 1.95 bits per heavy atom. The molecule has 4 nitrogen and oxygen atoms in total. The molecule has 7 heteroatoms. The quantitative estimate of drug-likeness (QED) is 0.548. The average molecular weight is 390 g/mol. The summed E-state index contributed by atoms with van der Waals surface area (Å²) in [4.78, 5) is 10.5. The largest absolute Gasteiger partial charge is 0.380 e. The van der Waals surface area contributed by atoms with Crippen molar-refractivity contribution >= 4 is 50.5 Å². The molecule has 2 aromatic carbocycles. The van der Waals surface area contributed by atoms with Crippen molar-refractivity contribution < 1.29 is 4.92 Å². The molecule has 2 rings (SSSR count). The molecule has 0 atom stereocenters. The van der Waals surface area contributed by atoms with Gasteiger partial charge in [-0.3, -0.25) is 10.1 Å². The van der Waals surface area contributed by atoms with Gasteiger partial charge >= 0.3 is 0 Å². The second kappa shape index (κ2) is 6.64. The molecule has 0 aliphatic carbocycles. The van der Waals surface area contributed by atoms with Crippen LogP contribution in [0.4, 0.5) is 11.4 Å². The van der Waals surface area contributed by atoms with Gasteiger partial charge in [0.05, 0.1) is 20.1 Å². The second-order valence-corrected chi connectivity index (χ2v) is 6.15. The van der Waals surface area contributed by atoms with Gasteiger partial charge in [0.15, 0.2) is 0 Å². The van der Waals surface area contributed by atoms with Crippen LogP contribution in [0.3, 0.4) is 0 Å². The highest BCUT2D eigenvalue weighted by atomic mass is 79.9. The Labute approximate surface area is 140 Å². The number of hydrogen-bond donors (Lipinski definition) is 1. The number of nitrogens with zero attached hydrogens (tertiary/aromatic N) is 1. The Kier molecular flexibility index (Phi) is 5.08. The van der Waals surface area contributed by atoms with E-state index in [1.807, 2.05) is 6.92 Å². The van der Waals surface area contributed by atoms with Crippen LogP contribution in [0.5, 0.6) is 0 Å². The standard InChI is InChI=1S/C14H11BrCl2N2O2/c1-8-4-12(17)13(6-11(8)16)18-7-9-2-3-10(15)14(5-9)19(20)21/h2-6,18H,7H2,1H3. The highest BCUT2D eigenvalue weighted by Crippen LogP contribution is 2.30. The molecular weight excluding hydrogens is 379 g/mol. The third kappa shape index (κ3) is 3.87. The fourth-order valence-electron chi connectivity index (χ4n) is 1.79. The lowest BCUT2D eigenvalue weighted by Gasteiger charge is -2.10. The topological polar surface area (TPSA) is 55.2 Å². The van der Waals surface area contributed by atoms with Crippen LogP contribution in [-0.4, -0.2) is 4.92 Å². The van der Waals surface area contributed by atoms with E-state index in [1.54, 1.807) is 24.3 Å². The third-order valence-corrected chi connectivity index (χ3v) is 4.33. The van der Waals surface area contributed by atoms with Crippen LogP contribution in [0, 0.1) is 17.0 Å². The van der Waals surface area contributed by atoms with E-state index in [0.717, 1.165) is 11.1 Å². The maximum absolute atomic E-state index is 10.9. The Balaban J connectivity index is 2.19. The van der Waals surface area contributed by atoms with E-state index in [4.69, 9.17) is 23.2 Å². The van der Waals surface area contributed by atoms with Gasteiger partial charge in [-0.1, -0.05) is 29.3 Å². The van der Waals surface area contributed by atoms with E-state index in [0.29, 0.717) is 26.8 Å². The Morgan fingerprint density at radius 1 is 1.24 bits per heavy atom. The molecule has 0 aliphatic rings. The Bertz CT molecular complexity index is 708. The minimum Gasteiger partial charge on any atom is -0.380 e. The van der Waals surface area contributed by atoms with E-state index in [-0.39, 0.29) is 5.69 Å². The van der Waals surface area contributed by atoms with Crippen molar-refractivity contribution in [3.05, 3.63) is 66.1 Å². The van der Waals surface area contributed by atoms with E-state index in [1.165, 1.54) is 6.07 Å². The maximum Gasteiger partial charge on any atom is 0.283 e. The predicted molar refractivity (Wildman–Crippen MR) is 89.3 cm³/mol. The molecule has 110 valence electrons. The lowest BCUT2D eigenvalue weighted by molar-refractivity contribution is -0.385. The van der Waals surface area contributed by atoms with Crippen molar-refractivity contribution in [2.75, 3.05) is 5.32 Å². The summed E-state index contributed by atoms with van der Waals surface area (Å²) in [5, 5.41) is 15.2. The SMILES string of the molecule is Cc1cc(Cl)c(NCc2ccc(Br)c([N+](=O)[O-])c2)cc1Cl. The first-order valence-electron chi connectivity index (χ1n) is 6.01. The van der Waals surface area contributed by atoms with Gasteiger partial charge in [0, 0.05) is 17.6 Å². The molecule has 0 saturated carbocycles. The molecule has 0 amide bonds. The first-order chi connectivity index (χ1) is 9.88. The lowest BCUT2D eigenvalue weighted by Crippen LogP contribution is -2.01.